The van der Waals surface area contributed by atoms with Gasteiger partial charge in [0.2, 0.25) is 0 Å². The van der Waals surface area contributed by atoms with Crippen molar-refractivity contribution >= 4 is 19.5 Å². The second-order valence-electron chi connectivity index (χ2n) is 2.05. The average molecular weight is 138 g/mol. The minimum Gasteiger partial charge on any atom is -0.477 e. The van der Waals surface area contributed by atoms with Crippen molar-refractivity contribution in [2.75, 3.05) is 0 Å². The van der Waals surface area contributed by atoms with Gasteiger partial charge in [-0.3, -0.25) is 4.98 Å². The summed E-state index contributed by atoms with van der Waals surface area (Å²) in [5.74, 6) is -0.942. The molecule has 0 saturated carbocycles. The summed E-state index contributed by atoms with van der Waals surface area (Å²) in [7, 11) is 3.43. The van der Waals surface area contributed by atoms with Crippen LogP contribution in [0, 0.1) is 0 Å². The molecule has 1 rings (SSSR count). The van der Waals surface area contributed by atoms with Gasteiger partial charge in [-0.1, -0.05) is 0 Å². The van der Waals surface area contributed by atoms with Crippen molar-refractivity contribution in [1.29, 1.82) is 0 Å². The van der Waals surface area contributed by atoms with Crippen molar-refractivity contribution in [3.05, 3.63) is 11.9 Å². The van der Waals surface area contributed by atoms with Crippen molar-refractivity contribution in [1.82, 2.24) is 9.55 Å². The molecule has 1 heterocycles. The van der Waals surface area contributed by atoms with Gasteiger partial charge in [0.1, 0.15) is 5.69 Å². The van der Waals surface area contributed by atoms with E-state index in [9.17, 15) is 4.79 Å². The second-order valence-corrected chi connectivity index (χ2v) is 2.05. The van der Waals surface area contributed by atoms with Crippen LogP contribution in [0.2, 0.25) is 0 Å². The molecule has 0 radical (unpaired) electrons. The quantitative estimate of drug-likeness (QED) is 0.474. The zero-order valence-electron chi connectivity index (χ0n) is 5.83. The molecule has 0 aliphatic rings. The molecule has 0 atom stereocenters. The van der Waals surface area contributed by atoms with E-state index in [1.807, 2.05) is 0 Å². The molecule has 0 aromatic carbocycles. The highest BCUT2D eigenvalue weighted by molar-refractivity contribution is 6.29. The van der Waals surface area contributed by atoms with Crippen molar-refractivity contribution in [2.45, 2.75) is 0 Å². The van der Waals surface area contributed by atoms with Crippen molar-refractivity contribution < 1.29 is 9.90 Å². The minimum absolute atomic E-state index is 0.220. The summed E-state index contributed by atoms with van der Waals surface area (Å²) in [5.41, 5.74) is 0.926. The van der Waals surface area contributed by atoms with Gasteiger partial charge in [-0.05, 0) is 0 Å². The monoisotopic (exact) mass is 138 g/mol. The Hall–Kier alpha value is -1.26. The molecule has 0 amide bonds. The summed E-state index contributed by atoms with van der Waals surface area (Å²) >= 11 is 0. The van der Waals surface area contributed by atoms with E-state index in [2.05, 4.69) is 4.98 Å². The molecule has 1 aromatic heterocycles. The Balaban J connectivity index is 3.17. The predicted molar refractivity (Wildman–Crippen MR) is 38.3 cm³/mol. The summed E-state index contributed by atoms with van der Waals surface area (Å²) in [6, 6.07) is 0. The van der Waals surface area contributed by atoms with Gasteiger partial charge in [0.15, 0.2) is 7.85 Å². The molecule has 0 fully saturated rings. The van der Waals surface area contributed by atoms with Crippen LogP contribution in [0.15, 0.2) is 6.20 Å². The number of aromatic nitrogens is 2. The molecule has 0 aliphatic carbocycles. The maximum Gasteiger partial charge on any atom is 0.354 e. The van der Waals surface area contributed by atoms with Gasteiger partial charge in [-0.2, -0.15) is 0 Å². The third kappa shape index (κ3) is 0.898. The van der Waals surface area contributed by atoms with E-state index in [0.29, 0.717) is 5.72 Å². The molecule has 10 heavy (non-hydrogen) atoms. The molecule has 1 aromatic rings. The number of carbonyl (C=O) groups is 1. The number of carboxylic acid groups (broad SMARTS) is 1. The maximum absolute atomic E-state index is 10.4. The highest BCUT2D eigenvalue weighted by Crippen LogP contribution is 1.91. The van der Waals surface area contributed by atoms with E-state index in [4.69, 9.17) is 5.11 Å². The topological polar surface area (TPSA) is 55.1 Å². The van der Waals surface area contributed by atoms with Gasteiger partial charge < -0.3 is 9.67 Å². The van der Waals surface area contributed by atoms with Crippen LogP contribution >= 0.6 is 0 Å². The van der Waals surface area contributed by atoms with E-state index >= 15 is 0 Å². The molecule has 0 spiro atoms. The number of carboxylic acids is 1. The highest BCUT2D eigenvalue weighted by atomic mass is 16.4. The third-order valence-corrected chi connectivity index (χ3v) is 1.44. The Kier molecular flexibility index (Phi) is 1.49. The fraction of sp³-hybridized carbons (Fsp3) is 0.200. The average Bonchev–Trinajstić information content (AvgIpc) is 2.14. The van der Waals surface area contributed by atoms with Crippen LogP contribution in [0.1, 0.15) is 10.5 Å². The number of rotatable bonds is 1. The molecule has 0 aliphatic heterocycles. The molecule has 0 bridgehead atoms. The number of hydrogen-bond donors (Lipinski definition) is 1. The van der Waals surface area contributed by atoms with Crippen LogP contribution in [0.25, 0.3) is 0 Å². The van der Waals surface area contributed by atoms with Crippen LogP contribution in [0.4, 0.5) is 0 Å². The van der Waals surface area contributed by atoms with Crippen molar-refractivity contribution in [2.24, 2.45) is 7.05 Å². The minimum atomic E-state index is -0.942. The van der Waals surface area contributed by atoms with Crippen LogP contribution < -0.4 is 5.72 Å². The molecular weight excluding hydrogens is 131 g/mol. The first kappa shape index (κ1) is 6.86. The van der Waals surface area contributed by atoms with E-state index in [0.717, 1.165) is 0 Å². The number of imidazole rings is 1. The summed E-state index contributed by atoms with van der Waals surface area (Å²) in [6.45, 7) is 0. The molecule has 0 saturated heterocycles. The van der Waals surface area contributed by atoms with Crippen LogP contribution in [0.5, 0.6) is 0 Å². The van der Waals surface area contributed by atoms with Gasteiger partial charge in [0.05, 0.1) is 11.9 Å². The molecule has 52 valence electrons. The van der Waals surface area contributed by atoms with Gasteiger partial charge in [0.25, 0.3) is 0 Å². The van der Waals surface area contributed by atoms with Gasteiger partial charge in [-0.25, -0.2) is 4.79 Å². The molecule has 5 heteroatoms. The zero-order valence-corrected chi connectivity index (χ0v) is 5.83. The Bertz CT molecular complexity index is 269. The largest absolute Gasteiger partial charge is 0.477 e. The SMILES string of the molecule is Bc1ncc(C(=O)O)n1C. The number of nitrogens with zero attached hydrogens (tertiary/aromatic N) is 2. The lowest BCUT2D eigenvalue weighted by atomic mass is 10.1. The second kappa shape index (κ2) is 2.17. The zero-order chi connectivity index (χ0) is 7.72. The summed E-state index contributed by atoms with van der Waals surface area (Å²) in [6.07, 6.45) is 1.34. The summed E-state index contributed by atoms with van der Waals surface area (Å²) in [5, 5.41) is 8.52. The Morgan fingerprint density at radius 3 is 2.70 bits per heavy atom. The summed E-state index contributed by atoms with van der Waals surface area (Å²) in [4.78, 5) is 14.2. The van der Waals surface area contributed by atoms with Crippen molar-refractivity contribution in [3.8, 4) is 0 Å². The number of hydrogen-bond acceptors (Lipinski definition) is 2. The lowest BCUT2D eigenvalue weighted by Crippen LogP contribution is -2.18. The van der Waals surface area contributed by atoms with Gasteiger partial charge >= 0.3 is 5.97 Å². The normalized spacial score (nSPS) is 9.70. The maximum atomic E-state index is 10.4. The fourth-order valence-corrected chi connectivity index (χ4v) is 0.701. The van der Waals surface area contributed by atoms with Gasteiger partial charge in [-0.15, -0.1) is 0 Å². The van der Waals surface area contributed by atoms with E-state index in [1.165, 1.54) is 10.8 Å². The standard InChI is InChI=1S/C5H7BN2O2/c1-8-3(4(9)10)2-7-5(8)6/h2H,6H2,1H3,(H,9,10). The lowest BCUT2D eigenvalue weighted by molar-refractivity contribution is 0.0687. The van der Waals surface area contributed by atoms with E-state index in [-0.39, 0.29) is 5.69 Å². The molecular formula is C5H7BN2O2. The van der Waals surface area contributed by atoms with E-state index < -0.39 is 5.97 Å². The third-order valence-electron chi connectivity index (χ3n) is 1.44. The first-order chi connectivity index (χ1) is 4.63. The van der Waals surface area contributed by atoms with Crippen LogP contribution in [-0.4, -0.2) is 28.5 Å². The molecule has 4 nitrogen and oxygen atoms in total. The first-order valence-corrected chi connectivity index (χ1v) is 2.84. The first-order valence-electron chi connectivity index (χ1n) is 2.84. The Morgan fingerprint density at radius 1 is 1.90 bits per heavy atom. The summed E-state index contributed by atoms with van der Waals surface area (Å²) < 4.78 is 1.53. The van der Waals surface area contributed by atoms with Crippen molar-refractivity contribution in [3.63, 3.8) is 0 Å². The van der Waals surface area contributed by atoms with Crippen LogP contribution in [-0.2, 0) is 7.05 Å². The Labute approximate surface area is 58.9 Å². The fourth-order valence-electron chi connectivity index (χ4n) is 0.701. The number of aromatic carboxylic acids is 1. The Morgan fingerprint density at radius 2 is 2.50 bits per heavy atom. The lowest BCUT2D eigenvalue weighted by Gasteiger charge is -1.96. The van der Waals surface area contributed by atoms with Gasteiger partial charge in [0, 0.05) is 7.05 Å². The predicted octanol–water partition coefficient (Wildman–Crippen LogP) is -1.62. The van der Waals surface area contributed by atoms with Crippen LogP contribution in [0.3, 0.4) is 0 Å². The highest BCUT2D eigenvalue weighted by Gasteiger charge is 2.08. The molecule has 0 unspecified atom stereocenters. The van der Waals surface area contributed by atoms with E-state index in [1.54, 1.807) is 14.9 Å². The molecule has 1 N–H and O–H groups in total. The smallest absolute Gasteiger partial charge is 0.354 e.